The van der Waals surface area contributed by atoms with Gasteiger partial charge in [-0.25, -0.2) is 0 Å². The number of hydrogen-bond acceptors (Lipinski definition) is 3. The van der Waals surface area contributed by atoms with E-state index in [-0.39, 0.29) is 11.8 Å². The van der Waals surface area contributed by atoms with E-state index in [0.29, 0.717) is 17.8 Å². The quantitative estimate of drug-likeness (QED) is 0.811. The number of hydrogen-bond donors (Lipinski definition) is 0. The summed E-state index contributed by atoms with van der Waals surface area (Å²) in [5, 5.41) is 0. The first-order chi connectivity index (χ1) is 12.1. The summed E-state index contributed by atoms with van der Waals surface area (Å²) in [4.78, 5) is 29.3. The van der Waals surface area contributed by atoms with Crippen molar-refractivity contribution >= 4 is 23.1 Å². The lowest BCUT2D eigenvalue weighted by Gasteiger charge is -2.21. The van der Waals surface area contributed by atoms with Gasteiger partial charge in [-0.2, -0.15) is 0 Å². The fraction of sp³-hybridized carbons (Fsp3) is 0.238. The normalized spacial score (nSPS) is 16.9. The predicted octanol–water partition coefficient (Wildman–Crippen LogP) is 3.16. The van der Waals surface area contributed by atoms with Gasteiger partial charge in [-0.3, -0.25) is 14.5 Å². The van der Waals surface area contributed by atoms with E-state index in [0.717, 1.165) is 29.8 Å². The van der Waals surface area contributed by atoms with Gasteiger partial charge in [-0.15, -0.1) is 0 Å². The SMILES string of the molecule is CCN1C(=O)C(c2ccc(C)cc2)=C(N2CCc3ccccc32)C1=O. The number of nitrogens with zero attached hydrogens (tertiary/aromatic N) is 2. The van der Waals surface area contributed by atoms with Crippen molar-refractivity contribution in [1.29, 1.82) is 0 Å². The molecule has 0 spiro atoms. The molecule has 4 rings (SSSR count). The number of benzene rings is 2. The molecule has 0 saturated carbocycles. The molecule has 2 aromatic carbocycles. The minimum Gasteiger partial charge on any atom is -0.336 e. The summed E-state index contributed by atoms with van der Waals surface area (Å²) in [6.07, 6.45) is 0.883. The van der Waals surface area contributed by atoms with Gasteiger partial charge < -0.3 is 4.90 Å². The molecule has 0 aromatic heterocycles. The Morgan fingerprint density at radius 3 is 2.40 bits per heavy atom. The fourth-order valence-corrected chi connectivity index (χ4v) is 3.65. The Balaban J connectivity index is 1.90. The highest BCUT2D eigenvalue weighted by Crippen LogP contribution is 2.38. The second-order valence-corrected chi connectivity index (χ2v) is 6.47. The average Bonchev–Trinajstić information content (AvgIpc) is 3.14. The number of likely N-dealkylation sites (N-methyl/N-ethyl adjacent to an activating group) is 1. The monoisotopic (exact) mass is 332 g/mol. The van der Waals surface area contributed by atoms with Crippen LogP contribution in [0.3, 0.4) is 0 Å². The van der Waals surface area contributed by atoms with Gasteiger partial charge in [0.05, 0.1) is 5.57 Å². The Labute approximate surface area is 147 Å². The first-order valence-corrected chi connectivity index (χ1v) is 8.64. The Morgan fingerprint density at radius 2 is 1.68 bits per heavy atom. The number of aryl methyl sites for hydroxylation is 1. The molecule has 0 aliphatic carbocycles. The molecule has 126 valence electrons. The van der Waals surface area contributed by atoms with E-state index in [2.05, 4.69) is 6.07 Å². The van der Waals surface area contributed by atoms with Crippen LogP contribution in [0.1, 0.15) is 23.6 Å². The van der Waals surface area contributed by atoms with Crippen LogP contribution in [-0.4, -0.2) is 29.8 Å². The lowest BCUT2D eigenvalue weighted by Crippen LogP contribution is -2.34. The van der Waals surface area contributed by atoms with Gasteiger partial charge in [-0.05, 0) is 37.5 Å². The van der Waals surface area contributed by atoms with Crippen molar-refractivity contribution < 1.29 is 9.59 Å². The number of imide groups is 1. The van der Waals surface area contributed by atoms with Crippen LogP contribution in [0.5, 0.6) is 0 Å². The van der Waals surface area contributed by atoms with E-state index >= 15 is 0 Å². The molecular formula is C21H20N2O2. The molecule has 4 nitrogen and oxygen atoms in total. The third-order valence-corrected chi connectivity index (χ3v) is 4.96. The zero-order chi connectivity index (χ0) is 17.6. The number of fused-ring (bicyclic) bond motifs is 1. The number of carbonyl (C=O) groups excluding carboxylic acids is 2. The summed E-state index contributed by atoms with van der Waals surface area (Å²) in [7, 11) is 0. The molecule has 0 unspecified atom stereocenters. The number of rotatable bonds is 3. The Morgan fingerprint density at radius 1 is 0.960 bits per heavy atom. The van der Waals surface area contributed by atoms with Gasteiger partial charge in [0.2, 0.25) is 0 Å². The molecule has 0 atom stereocenters. The van der Waals surface area contributed by atoms with Crippen molar-refractivity contribution in [2.24, 2.45) is 0 Å². The molecule has 2 aromatic rings. The summed E-state index contributed by atoms with van der Waals surface area (Å²) in [6.45, 7) is 4.95. The highest BCUT2D eigenvalue weighted by Gasteiger charge is 2.42. The van der Waals surface area contributed by atoms with E-state index < -0.39 is 0 Å². The van der Waals surface area contributed by atoms with Gasteiger partial charge in [0, 0.05) is 18.8 Å². The molecule has 2 aliphatic rings. The van der Waals surface area contributed by atoms with Gasteiger partial charge in [-0.1, -0.05) is 48.0 Å². The van der Waals surface area contributed by atoms with Crippen LogP contribution in [0.15, 0.2) is 54.2 Å². The minimum absolute atomic E-state index is 0.195. The highest BCUT2D eigenvalue weighted by molar-refractivity contribution is 6.36. The second kappa shape index (κ2) is 5.88. The summed E-state index contributed by atoms with van der Waals surface area (Å²) >= 11 is 0. The number of carbonyl (C=O) groups is 2. The predicted molar refractivity (Wildman–Crippen MR) is 98.0 cm³/mol. The van der Waals surface area contributed by atoms with Crippen molar-refractivity contribution in [3.05, 3.63) is 70.9 Å². The molecule has 2 aliphatic heterocycles. The molecule has 25 heavy (non-hydrogen) atoms. The third-order valence-electron chi connectivity index (χ3n) is 4.96. The molecule has 0 bridgehead atoms. The summed E-state index contributed by atoms with van der Waals surface area (Å²) in [6, 6.07) is 15.9. The van der Waals surface area contributed by atoms with E-state index in [1.165, 1.54) is 10.5 Å². The van der Waals surface area contributed by atoms with Crippen LogP contribution in [0.2, 0.25) is 0 Å². The topological polar surface area (TPSA) is 40.6 Å². The lowest BCUT2D eigenvalue weighted by atomic mass is 10.0. The maximum atomic E-state index is 13.0. The van der Waals surface area contributed by atoms with Gasteiger partial charge in [0.1, 0.15) is 5.70 Å². The smallest absolute Gasteiger partial charge is 0.278 e. The Bertz CT molecular complexity index is 896. The number of para-hydroxylation sites is 1. The third kappa shape index (κ3) is 2.37. The van der Waals surface area contributed by atoms with E-state index in [1.54, 1.807) is 0 Å². The van der Waals surface area contributed by atoms with Crippen LogP contribution in [-0.2, 0) is 16.0 Å². The van der Waals surface area contributed by atoms with Crippen molar-refractivity contribution in [2.75, 3.05) is 18.0 Å². The first kappa shape index (κ1) is 15.6. The molecule has 0 N–H and O–H groups in total. The summed E-state index contributed by atoms with van der Waals surface area (Å²) < 4.78 is 0. The molecule has 0 saturated heterocycles. The van der Waals surface area contributed by atoms with Crippen molar-refractivity contribution in [2.45, 2.75) is 20.3 Å². The zero-order valence-corrected chi connectivity index (χ0v) is 14.5. The van der Waals surface area contributed by atoms with Crippen LogP contribution in [0.25, 0.3) is 5.57 Å². The second-order valence-electron chi connectivity index (χ2n) is 6.47. The van der Waals surface area contributed by atoms with Crippen LogP contribution in [0.4, 0.5) is 5.69 Å². The standard InChI is InChI=1S/C21H20N2O2/c1-3-22-20(24)18(16-10-8-14(2)9-11-16)19(21(22)25)23-13-12-15-6-4-5-7-17(15)23/h4-11H,3,12-13H2,1-2H3. The van der Waals surface area contributed by atoms with Crippen molar-refractivity contribution in [3.63, 3.8) is 0 Å². The van der Waals surface area contributed by atoms with Gasteiger partial charge in [0.25, 0.3) is 11.8 Å². The highest BCUT2D eigenvalue weighted by atomic mass is 16.2. The van der Waals surface area contributed by atoms with Crippen LogP contribution in [0, 0.1) is 6.92 Å². The van der Waals surface area contributed by atoms with E-state index in [1.807, 2.05) is 61.2 Å². The lowest BCUT2D eigenvalue weighted by molar-refractivity contribution is -0.136. The van der Waals surface area contributed by atoms with E-state index in [9.17, 15) is 9.59 Å². The molecule has 4 heteroatoms. The summed E-state index contributed by atoms with van der Waals surface area (Å²) in [5.41, 5.74) is 5.21. The maximum Gasteiger partial charge on any atom is 0.278 e. The molecule has 0 fully saturated rings. The minimum atomic E-state index is -0.198. The Hall–Kier alpha value is -2.88. The summed E-state index contributed by atoms with van der Waals surface area (Å²) in [5.74, 6) is -0.393. The molecular weight excluding hydrogens is 312 g/mol. The molecule has 2 heterocycles. The van der Waals surface area contributed by atoms with Crippen molar-refractivity contribution in [3.8, 4) is 0 Å². The van der Waals surface area contributed by atoms with Crippen molar-refractivity contribution in [1.82, 2.24) is 4.90 Å². The van der Waals surface area contributed by atoms with Gasteiger partial charge >= 0.3 is 0 Å². The number of amides is 2. The fourth-order valence-electron chi connectivity index (χ4n) is 3.65. The zero-order valence-electron chi connectivity index (χ0n) is 14.5. The molecule has 2 amide bonds. The first-order valence-electron chi connectivity index (χ1n) is 8.64. The Kier molecular flexibility index (Phi) is 3.68. The maximum absolute atomic E-state index is 13.0. The molecule has 0 radical (unpaired) electrons. The van der Waals surface area contributed by atoms with Gasteiger partial charge in [0.15, 0.2) is 0 Å². The van der Waals surface area contributed by atoms with Crippen LogP contribution < -0.4 is 4.90 Å². The largest absolute Gasteiger partial charge is 0.336 e. The van der Waals surface area contributed by atoms with Crippen LogP contribution >= 0.6 is 0 Å². The number of anilines is 1. The van der Waals surface area contributed by atoms with E-state index in [4.69, 9.17) is 0 Å². The average molecular weight is 332 g/mol.